The SMILES string of the molecule is CCNCCNC(=O)c1ccccc1OCc1ccc(Cl)cc1. The average molecular weight is 333 g/mol. The molecule has 0 heterocycles. The van der Waals surface area contributed by atoms with Crippen molar-refractivity contribution >= 4 is 17.5 Å². The van der Waals surface area contributed by atoms with Gasteiger partial charge in [-0.25, -0.2) is 0 Å². The van der Waals surface area contributed by atoms with Gasteiger partial charge in [-0.3, -0.25) is 4.79 Å². The highest BCUT2D eigenvalue weighted by Crippen LogP contribution is 2.19. The van der Waals surface area contributed by atoms with E-state index in [-0.39, 0.29) is 5.91 Å². The van der Waals surface area contributed by atoms with Gasteiger partial charge < -0.3 is 15.4 Å². The molecule has 0 saturated carbocycles. The fourth-order valence-corrected chi connectivity index (χ4v) is 2.18. The van der Waals surface area contributed by atoms with Crippen LogP contribution in [0.4, 0.5) is 0 Å². The number of rotatable bonds is 8. The minimum Gasteiger partial charge on any atom is -0.488 e. The highest BCUT2D eigenvalue weighted by Gasteiger charge is 2.11. The first-order chi connectivity index (χ1) is 11.2. The van der Waals surface area contributed by atoms with E-state index >= 15 is 0 Å². The molecule has 122 valence electrons. The van der Waals surface area contributed by atoms with Crippen LogP contribution in [0.15, 0.2) is 48.5 Å². The highest BCUT2D eigenvalue weighted by molar-refractivity contribution is 6.30. The summed E-state index contributed by atoms with van der Waals surface area (Å²) in [4.78, 5) is 12.2. The third kappa shape index (κ3) is 5.58. The molecule has 0 atom stereocenters. The van der Waals surface area contributed by atoms with Gasteiger partial charge in [-0.05, 0) is 36.4 Å². The molecule has 2 aromatic rings. The lowest BCUT2D eigenvalue weighted by Gasteiger charge is -2.12. The van der Waals surface area contributed by atoms with E-state index < -0.39 is 0 Å². The molecule has 0 fully saturated rings. The van der Waals surface area contributed by atoms with E-state index in [0.29, 0.717) is 29.5 Å². The summed E-state index contributed by atoms with van der Waals surface area (Å²) in [6, 6.07) is 14.7. The van der Waals surface area contributed by atoms with E-state index in [1.807, 2.05) is 43.3 Å². The highest BCUT2D eigenvalue weighted by atomic mass is 35.5. The number of carbonyl (C=O) groups is 1. The topological polar surface area (TPSA) is 50.4 Å². The van der Waals surface area contributed by atoms with Crippen molar-refractivity contribution in [3.8, 4) is 5.75 Å². The molecule has 0 aliphatic heterocycles. The maximum absolute atomic E-state index is 12.2. The van der Waals surface area contributed by atoms with Crippen molar-refractivity contribution in [2.45, 2.75) is 13.5 Å². The number of likely N-dealkylation sites (N-methyl/N-ethyl adjacent to an activating group) is 1. The van der Waals surface area contributed by atoms with Crippen LogP contribution in [0, 0.1) is 0 Å². The Labute approximate surface area is 141 Å². The first kappa shape index (κ1) is 17.3. The van der Waals surface area contributed by atoms with E-state index in [1.54, 1.807) is 12.1 Å². The molecular formula is C18H21ClN2O2. The molecule has 0 spiro atoms. The normalized spacial score (nSPS) is 10.3. The third-order valence-electron chi connectivity index (χ3n) is 3.28. The zero-order valence-corrected chi connectivity index (χ0v) is 13.9. The lowest BCUT2D eigenvalue weighted by molar-refractivity contribution is 0.0949. The molecule has 0 aliphatic rings. The quantitative estimate of drug-likeness (QED) is 0.729. The minimum atomic E-state index is -0.130. The van der Waals surface area contributed by atoms with Gasteiger partial charge in [0, 0.05) is 18.1 Å². The number of halogens is 1. The zero-order chi connectivity index (χ0) is 16.5. The molecule has 0 unspecified atom stereocenters. The van der Waals surface area contributed by atoms with Crippen molar-refractivity contribution in [1.82, 2.24) is 10.6 Å². The van der Waals surface area contributed by atoms with Crippen LogP contribution in [0.5, 0.6) is 5.75 Å². The largest absolute Gasteiger partial charge is 0.488 e. The van der Waals surface area contributed by atoms with Crippen molar-refractivity contribution in [1.29, 1.82) is 0 Å². The Morgan fingerprint density at radius 2 is 1.83 bits per heavy atom. The molecular weight excluding hydrogens is 312 g/mol. The van der Waals surface area contributed by atoms with Gasteiger partial charge in [0.15, 0.2) is 0 Å². The Balaban J connectivity index is 1.96. The second kappa shape index (κ2) is 9.18. The molecule has 1 amide bonds. The standard InChI is InChI=1S/C18H21ClN2O2/c1-2-20-11-12-21-18(22)16-5-3-4-6-17(16)23-13-14-7-9-15(19)10-8-14/h3-10,20H,2,11-13H2,1H3,(H,21,22). The van der Waals surface area contributed by atoms with Crippen molar-refractivity contribution in [3.63, 3.8) is 0 Å². The van der Waals surface area contributed by atoms with Crippen LogP contribution in [0.2, 0.25) is 5.02 Å². The maximum atomic E-state index is 12.2. The maximum Gasteiger partial charge on any atom is 0.255 e. The molecule has 0 aromatic heterocycles. The number of ether oxygens (including phenoxy) is 1. The first-order valence-corrected chi connectivity index (χ1v) is 8.03. The van der Waals surface area contributed by atoms with E-state index in [0.717, 1.165) is 18.7 Å². The Bertz CT molecular complexity index is 629. The van der Waals surface area contributed by atoms with Gasteiger partial charge in [0.1, 0.15) is 12.4 Å². The molecule has 2 rings (SSSR count). The molecule has 23 heavy (non-hydrogen) atoms. The molecule has 2 N–H and O–H groups in total. The fourth-order valence-electron chi connectivity index (χ4n) is 2.06. The lowest BCUT2D eigenvalue weighted by atomic mass is 10.2. The summed E-state index contributed by atoms with van der Waals surface area (Å²) in [5.41, 5.74) is 1.54. The van der Waals surface area contributed by atoms with E-state index in [9.17, 15) is 4.79 Å². The Kier molecular flexibility index (Phi) is 6.91. The van der Waals surface area contributed by atoms with Gasteiger partial charge in [0.05, 0.1) is 5.56 Å². The van der Waals surface area contributed by atoms with Crippen LogP contribution in [0.25, 0.3) is 0 Å². The molecule has 0 saturated heterocycles. The summed E-state index contributed by atoms with van der Waals surface area (Å²) >= 11 is 5.87. The van der Waals surface area contributed by atoms with Crippen molar-refractivity contribution < 1.29 is 9.53 Å². The minimum absolute atomic E-state index is 0.130. The molecule has 4 nitrogen and oxygen atoms in total. The molecule has 0 radical (unpaired) electrons. The van der Waals surface area contributed by atoms with Crippen molar-refractivity contribution in [3.05, 3.63) is 64.7 Å². The fraction of sp³-hybridized carbons (Fsp3) is 0.278. The summed E-state index contributed by atoms with van der Waals surface area (Å²) in [7, 11) is 0. The second-order valence-electron chi connectivity index (χ2n) is 5.02. The summed E-state index contributed by atoms with van der Waals surface area (Å²) in [5.74, 6) is 0.443. The average Bonchev–Trinajstić information content (AvgIpc) is 2.58. The predicted octanol–water partition coefficient (Wildman–Crippen LogP) is 3.26. The van der Waals surface area contributed by atoms with Gasteiger partial charge in [-0.2, -0.15) is 0 Å². The van der Waals surface area contributed by atoms with Crippen LogP contribution < -0.4 is 15.4 Å². The number of benzene rings is 2. The Morgan fingerprint density at radius 3 is 2.57 bits per heavy atom. The molecule has 0 aliphatic carbocycles. The van der Waals surface area contributed by atoms with Crippen LogP contribution in [-0.2, 0) is 6.61 Å². The molecule has 0 bridgehead atoms. The van der Waals surface area contributed by atoms with Crippen LogP contribution in [0.1, 0.15) is 22.8 Å². The number of amides is 1. The van der Waals surface area contributed by atoms with Gasteiger partial charge in [-0.1, -0.05) is 42.8 Å². The number of hydrogen-bond acceptors (Lipinski definition) is 3. The van der Waals surface area contributed by atoms with E-state index in [4.69, 9.17) is 16.3 Å². The van der Waals surface area contributed by atoms with Gasteiger partial charge >= 0.3 is 0 Å². The summed E-state index contributed by atoms with van der Waals surface area (Å²) in [6.07, 6.45) is 0. The summed E-state index contributed by atoms with van der Waals surface area (Å²) < 4.78 is 5.79. The Hall–Kier alpha value is -2.04. The summed E-state index contributed by atoms with van der Waals surface area (Å²) in [6.45, 7) is 4.63. The van der Waals surface area contributed by atoms with Crippen molar-refractivity contribution in [2.75, 3.05) is 19.6 Å². The van der Waals surface area contributed by atoms with Gasteiger partial charge in [0.25, 0.3) is 5.91 Å². The number of carbonyl (C=O) groups excluding carboxylic acids is 1. The van der Waals surface area contributed by atoms with Crippen LogP contribution in [0.3, 0.4) is 0 Å². The van der Waals surface area contributed by atoms with Gasteiger partial charge in [-0.15, -0.1) is 0 Å². The monoisotopic (exact) mass is 332 g/mol. The summed E-state index contributed by atoms with van der Waals surface area (Å²) in [5, 5.41) is 6.73. The lowest BCUT2D eigenvalue weighted by Crippen LogP contribution is -2.31. The molecule has 2 aromatic carbocycles. The third-order valence-corrected chi connectivity index (χ3v) is 3.53. The van der Waals surface area contributed by atoms with Crippen LogP contribution in [-0.4, -0.2) is 25.5 Å². The number of hydrogen-bond donors (Lipinski definition) is 2. The number of nitrogens with one attached hydrogen (secondary N) is 2. The van der Waals surface area contributed by atoms with Gasteiger partial charge in [0.2, 0.25) is 0 Å². The van der Waals surface area contributed by atoms with Crippen molar-refractivity contribution in [2.24, 2.45) is 0 Å². The zero-order valence-electron chi connectivity index (χ0n) is 13.1. The smallest absolute Gasteiger partial charge is 0.255 e. The van der Waals surface area contributed by atoms with E-state index in [2.05, 4.69) is 10.6 Å². The Morgan fingerprint density at radius 1 is 1.09 bits per heavy atom. The number of para-hydroxylation sites is 1. The van der Waals surface area contributed by atoms with Crippen LogP contribution >= 0.6 is 11.6 Å². The molecule has 5 heteroatoms. The second-order valence-corrected chi connectivity index (χ2v) is 5.46. The predicted molar refractivity (Wildman–Crippen MR) is 93.1 cm³/mol. The van der Waals surface area contributed by atoms with E-state index in [1.165, 1.54) is 0 Å². The first-order valence-electron chi connectivity index (χ1n) is 7.66.